The number of aromatic nitrogens is 2. The lowest BCUT2D eigenvalue weighted by Crippen LogP contribution is -2.32. The summed E-state index contributed by atoms with van der Waals surface area (Å²) in [5, 5.41) is 10.4. The molecule has 0 saturated carbocycles. The van der Waals surface area contributed by atoms with Crippen molar-refractivity contribution >= 4 is 35.7 Å². The third kappa shape index (κ3) is 6.95. The summed E-state index contributed by atoms with van der Waals surface area (Å²) in [6.07, 6.45) is -4.56. The number of hydrogen-bond donors (Lipinski definition) is 6. The molecule has 31 heavy (non-hydrogen) atoms. The molecule has 1 aromatic heterocycles. The number of nitrogens with one attached hydrogen (secondary N) is 1. The lowest BCUT2D eigenvalue weighted by atomic mass is 10.1. The summed E-state index contributed by atoms with van der Waals surface area (Å²) in [6.45, 7) is 5.15. The number of phosphoric ester groups is 1. The minimum Gasteiger partial charge on any atom is -0.382 e. The van der Waals surface area contributed by atoms with Crippen molar-refractivity contribution in [2.75, 3.05) is 6.56 Å². The molecule has 0 aliphatic carbocycles. The minimum atomic E-state index is -5.94. The lowest BCUT2D eigenvalue weighted by Gasteiger charge is -2.19. The van der Waals surface area contributed by atoms with Crippen LogP contribution in [-0.4, -0.2) is 59.0 Å². The van der Waals surface area contributed by atoms with E-state index in [-0.39, 0.29) is 10.3 Å². The number of aliphatic hydroxyl groups is 1. The van der Waals surface area contributed by atoms with Gasteiger partial charge in [-0.05, 0) is 19.1 Å². The van der Waals surface area contributed by atoms with Crippen LogP contribution in [0.1, 0.15) is 14.5 Å². The second-order valence-corrected chi connectivity index (χ2v) is 10.6. The SMILES string of the molecule is [2H]C([2H])(OP(=O)(O)OP(=O)(O)OP(=O)(O)O)[C@@H]1O[C@H](n2cc(C)c(=O)[nH]c2=S)[C@H]([N+]#[C-])C1O. The zero-order chi connectivity index (χ0) is 25.6. The highest BCUT2D eigenvalue weighted by atomic mass is 32.1. The predicted octanol–water partition coefficient (Wildman–Crippen LogP) is 0.104. The van der Waals surface area contributed by atoms with Crippen molar-refractivity contribution in [3.05, 3.63) is 38.3 Å². The summed E-state index contributed by atoms with van der Waals surface area (Å²) in [5.74, 6) is 0. The van der Waals surface area contributed by atoms with E-state index in [0.717, 1.165) is 10.8 Å². The maximum Gasteiger partial charge on any atom is 0.490 e. The molecule has 3 unspecified atom stereocenters. The standard InChI is InChI=1S/C11H16N3O13P3S/c1-5-3-14(11(31)13-9(5)16)10-7(12-2)8(15)6(25-10)4-24-29(20,21)27-30(22,23)26-28(17,18)19/h3,6-8,10,15H,4H2,1H3,(H,20,21)(H,22,23)(H,13,16,31)(H2,17,18,19)/t6-,7+,8?,10-/m0/s1/i4D2. The van der Waals surface area contributed by atoms with Crippen LogP contribution in [0.2, 0.25) is 0 Å². The summed E-state index contributed by atoms with van der Waals surface area (Å²) in [5.41, 5.74) is -0.446. The first-order chi connectivity index (χ1) is 14.8. The molecule has 6 N–H and O–H groups in total. The second-order valence-electron chi connectivity index (χ2n) is 5.84. The molecule has 1 aromatic rings. The van der Waals surface area contributed by atoms with Gasteiger partial charge in [0, 0.05) is 11.8 Å². The second kappa shape index (κ2) is 9.42. The number of aromatic amines is 1. The number of phosphoric acid groups is 3. The molecule has 0 spiro atoms. The van der Waals surface area contributed by atoms with E-state index in [1.165, 1.54) is 6.92 Å². The van der Waals surface area contributed by atoms with Crippen LogP contribution in [0.3, 0.4) is 0 Å². The average molecular weight is 525 g/mol. The van der Waals surface area contributed by atoms with Crippen molar-refractivity contribution in [1.82, 2.24) is 9.55 Å². The number of nitrogens with zero attached hydrogens (tertiary/aromatic N) is 2. The van der Waals surface area contributed by atoms with Crippen molar-refractivity contribution in [1.29, 1.82) is 0 Å². The van der Waals surface area contributed by atoms with Gasteiger partial charge in [0.2, 0.25) is 6.23 Å². The first-order valence-electron chi connectivity index (χ1n) is 8.65. The average Bonchev–Trinajstić information content (AvgIpc) is 2.90. The van der Waals surface area contributed by atoms with Crippen LogP contribution < -0.4 is 5.56 Å². The van der Waals surface area contributed by atoms with Gasteiger partial charge in [-0.2, -0.15) is 8.62 Å². The molecule has 6 atom stereocenters. The largest absolute Gasteiger partial charge is 0.490 e. The number of ether oxygens (including phenoxy) is 1. The van der Waals surface area contributed by atoms with Crippen LogP contribution >= 0.6 is 35.7 Å². The Bertz CT molecular complexity index is 1220. The highest BCUT2D eigenvalue weighted by molar-refractivity contribution is 7.71. The molecule has 2 heterocycles. The molecular formula is C11H16N3O13P3S. The highest BCUT2D eigenvalue weighted by Crippen LogP contribution is 2.66. The Morgan fingerprint density at radius 1 is 1.32 bits per heavy atom. The fraction of sp³-hybridized carbons (Fsp3) is 0.545. The van der Waals surface area contributed by atoms with E-state index >= 15 is 0 Å². The smallest absolute Gasteiger partial charge is 0.382 e. The van der Waals surface area contributed by atoms with E-state index in [4.69, 9.17) is 40.9 Å². The summed E-state index contributed by atoms with van der Waals surface area (Å²) < 4.78 is 66.9. The van der Waals surface area contributed by atoms with E-state index in [1.54, 1.807) is 0 Å². The Hall–Kier alpha value is -1.08. The first kappa shape index (κ1) is 23.1. The Morgan fingerprint density at radius 2 is 1.94 bits per heavy atom. The molecule has 20 heteroatoms. The molecule has 174 valence electrons. The fourth-order valence-electron chi connectivity index (χ4n) is 2.32. The van der Waals surface area contributed by atoms with Crippen LogP contribution in [0.4, 0.5) is 0 Å². The maximum atomic E-state index is 12.0. The molecule has 1 aliphatic rings. The van der Waals surface area contributed by atoms with Crippen molar-refractivity contribution < 1.29 is 59.0 Å². The summed E-state index contributed by atoms with van der Waals surface area (Å²) in [4.78, 5) is 52.9. The third-order valence-electron chi connectivity index (χ3n) is 3.51. The summed E-state index contributed by atoms with van der Waals surface area (Å²) in [7, 11) is -17.6. The minimum absolute atomic E-state index is 0.116. The van der Waals surface area contributed by atoms with Gasteiger partial charge in [-0.3, -0.25) is 18.9 Å². The molecule has 16 nitrogen and oxygen atoms in total. The Labute approximate surface area is 181 Å². The van der Waals surface area contributed by atoms with Crippen LogP contribution in [0.15, 0.2) is 11.0 Å². The Kier molecular flexibility index (Phi) is 7.02. The fourth-order valence-corrected chi connectivity index (χ4v) is 5.44. The molecule has 0 bridgehead atoms. The van der Waals surface area contributed by atoms with Gasteiger partial charge in [0.1, 0.15) is 6.10 Å². The van der Waals surface area contributed by atoms with E-state index in [9.17, 15) is 28.5 Å². The van der Waals surface area contributed by atoms with E-state index < -0.39 is 60.1 Å². The summed E-state index contributed by atoms with van der Waals surface area (Å²) >= 11 is 4.97. The number of H-pyrrole nitrogens is 1. The number of hydrogen-bond acceptors (Lipinski definition) is 10. The van der Waals surface area contributed by atoms with E-state index in [2.05, 4.69) is 23.0 Å². The van der Waals surface area contributed by atoms with Crippen molar-refractivity contribution in [2.24, 2.45) is 0 Å². The van der Waals surface area contributed by atoms with Crippen LogP contribution in [0.5, 0.6) is 0 Å². The van der Waals surface area contributed by atoms with Gasteiger partial charge in [0.15, 0.2) is 10.9 Å². The molecule has 1 saturated heterocycles. The number of aliphatic hydroxyl groups excluding tert-OH is 1. The molecule has 1 aliphatic heterocycles. The Balaban J connectivity index is 2.33. The molecule has 0 radical (unpaired) electrons. The van der Waals surface area contributed by atoms with Gasteiger partial charge >= 0.3 is 23.5 Å². The molecule has 0 amide bonds. The van der Waals surface area contributed by atoms with E-state index in [1.807, 2.05) is 0 Å². The van der Waals surface area contributed by atoms with Gasteiger partial charge in [-0.15, -0.1) is 0 Å². The van der Waals surface area contributed by atoms with Crippen molar-refractivity contribution in [3.63, 3.8) is 0 Å². The molecule has 1 fully saturated rings. The molecule has 2 rings (SSSR count). The monoisotopic (exact) mass is 525 g/mol. The van der Waals surface area contributed by atoms with E-state index in [0.29, 0.717) is 0 Å². The van der Waals surface area contributed by atoms with Gasteiger partial charge in [-0.1, -0.05) is 0 Å². The van der Waals surface area contributed by atoms with Crippen LogP contribution in [0, 0.1) is 18.3 Å². The van der Waals surface area contributed by atoms with Gasteiger partial charge in [0.25, 0.3) is 11.6 Å². The van der Waals surface area contributed by atoms with Gasteiger partial charge in [0.05, 0.1) is 9.30 Å². The number of rotatable bonds is 8. The molecule has 0 aromatic carbocycles. The normalized spacial score (nSPS) is 29.3. The van der Waals surface area contributed by atoms with Gasteiger partial charge in [-0.25, -0.2) is 20.3 Å². The first-order valence-corrected chi connectivity index (χ1v) is 12.6. The zero-order valence-electron chi connectivity index (χ0n) is 17.0. The topological polar surface area (TPSA) is 231 Å². The quantitative estimate of drug-likeness (QED) is 0.150. The van der Waals surface area contributed by atoms with Crippen molar-refractivity contribution in [3.8, 4) is 0 Å². The number of aryl methyl sites for hydroxylation is 1. The van der Waals surface area contributed by atoms with Crippen LogP contribution in [-0.2, 0) is 31.6 Å². The van der Waals surface area contributed by atoms with Crippen molar-refractivity contribution in [2.45, 2.75) is 31.4 Å². The Morgan fingerprint density at radius 3 is 2.48 bits per heavy atom. The van der Waals surface area contributed by atoms with Gasteiger partial charge < -0.3 is 34.3 Å². The third-order valence-corrected chi connectivity index (χ3v) is 7.48. The molecular weight excluding hydrogens is 507 g/mol. The highest BCUT2D eigenvalue weighted by Gasteiger charge is 2.51. The lowest BCUT2D eigenvalue weighted by molar-refractivity contribution is -0.0446. The predicted molar refractivity (Wildman–Crippen MR) is 101 cm³/mol. The zero-order valence-corrected chi connectivity index (χ0v) is 18.5. The maximum absolute atomic E-state index is 12.0. The summed E-state index contributed by atoms with van der Waals surface area (Å²) in [6, 6.07) is -1.56. The van der Waals surface area contributed by atoms with Crippen LogP contribution in [0.25, 0.3) is 4.85 Å².